The molecule has 1 amide bonds. The monoisotopic (exact) mass is 267 g/mol. The lowest BCUT2D eigenvalue weighted by atomic mass is 9.78. The number of carboxylic acids is 1. The van der Waals surface area contributed by atoms with Crippen LogP contribution in [0.2, 0.25) is 0 Å². The van der Waals surface area contributed by atoms with Gasteiger partial charge in [-0.3, -0.25) is 9.59 Å². The highest BCUT2D eigenvalue weighted by Gasteiger charge is 2.37. The van der Waals surface area contributed by atoms with Crippen molar-refractivity contribution >= 4 is 11.9 Å². The highest BCUT2D eigenvalue weighted by atomic mass is 16.4. The zero-order valence-electron chi connectivity index (χ0n) is 11.7. The third-order valence-corrected chi connectivity index (χ3v) is 4.86. The van der Waals surface area contributed by atoms with E-state index in [1.54, 1.807) is 0 Å². The first kappa shape index (κ1) is 14.4. The molecule has 0 saturated heterocycles. The van der Waals surface area contributed by atoms with Crippen LogP contribution >= 0.6 is 0 Å². The maximum Gasteiger partial charge on any atom is 0.307 e. The number of carbonyl (C=O) groups excluding carboxylic acids is 1. The fourth-order valence-corrected chi connectivity index (χ4v) is 3.56. The Bertz CT molecular complexity index is 342. The van der Waals surface area contributed by atoms with Gasteiger partial charge in [0.2, 0.25) is 5.91 Å². The second kappa shape index (κ2) is 6.40. The Labute approximate surface area is 115 Å². The third-order valence-electron chi connectivity index (χ3n) is 4.86. The average Bonchev–Trinajstić information content (AvgIpc) is 2.41. The van der Waals surface area contributed by atoms with Crippen LogP contribution in [0.5, 0.6) is 0 Å². The summed E-state index contributed by atoms with van der Waals surface area (Å²) in [6, 6.07) is 0.248. The summed E-state index contributed by atoms with van der Waals surface area (Å²) in [6.07, 6.45) is 7.90. The zero-order chi connectivity index (χ0) is 13.8. The van der Waals surface area contributed by atoms with Gasteiger partial charge >= 0.3 is 5.97 Å². The molecule has 19 heavy (non-hydrogen) atoms. The lowest BCUT2D eigenvalue weighted by molar-refractivity contribution is -0.149. The van der Waals surface area contributed by atoms with E-state index in [-0.39, 0.29) is 17.9 Å². The molecule has 0 heterocycles. The van der Waals surface area contributed by atoms with Crippen LogP contribution in [0.3, 0.4) is 0 Å². The standard InChI is InChI=1S/C15H25NO3/c1-10-6-2-5-9-13(10)16-14(17)11-7-3-4-8-12(11)15(18)19/h10-13H,2-9H2,1H3,(H,16,17)(H,18,19)/t10-,11+,12-,13+/m1/s1. The number of aliphatic carboxylic acids is 1. The van der Waals surface area contributed by atoms with Gasteiger partial charge < -0.3 is 10.4 Å². The molecule has 4 nitrogen and oxygen atoms in total. The van der Waals surface area contributed by atoms with Crippen molar-refractivity contribution in [3.05, 3.63) is 0 Å². The first-order valence-corrected chi connectivity index (χ1v) is 7.62. The maximum absolute atomic E-state index is 12.4. The summed E-state index contributed by atoms with van der Waals surface area (Å²) in [5.74, 6) is -1.11. The molecule has 2 N–H and O–H groups in total. The molecular weight excluding hydrogens is 242 g/mol. The van der Waals surface area contributed by atoms with Crippen LogP contribution in [-0.4, -0.2) is 23.0 Å². The van der Waals surface area contributed by atoms with Crippen LogP contribution < -0.4 is 5.32 Å². The van der Waals surface area contributed by atoms with Crippen LogP contribution in [0.25, 0.3) is 0 Å². The quantitative estimate of drug-likeness (QED) is 0.826. The van der Waals surface area contributed by atoms with E-state index < -0.39 is 11.9 Å². The Balaban J connectivity index is 1.95. The van der Waals surface area contributed by atoms with Crippen LogP contribution in [0, 0.1) is 17.8 Å². The minimum Gasteiger partial charge on any atom is -0.481 e. The number of amides is 1. The fourth-order valence-electron chi connectivity index (χ4n) is 3.56. The van der Waals surface area contributed by atoms with Crippen molar-refractivity contribution in [2.75, 3.05) is 0 Å². The fraction of sp³-hybridized carbons (Fsp3) is 0.867. The molecule has 0 radical (unpaired) electrons. The SMILES string of the molecule is C[C@@H]1CCCC[C@@H]1NC(=O)[C@H]1CCCC[C@H]1C(=O)O. The van der Waals surface area contributed by atoms with Crippen LogP contribution in [0.1, 0.15) is 58.3 Å². The van der Waals surface area contributed by atoms with E-state index in [1.165, 1.54) is 12.8 Å². The highest BCUT2D eigenvalue weighted by Crippen LogP contribution is 2.31. The van der Waals surface area contributed by atoms with Gasteiger partial charge in [-0.1, -0.05) is 32.6 Å². The Kier molecular flexibility index (Phi) is 4.83. The normalized spacial score (nSPS) is 35.6. The molecule has 2 fully saturated rings. The molecule has 2 aliphatic rings. The second-order valence-electron chi connectivity index (χ2n) is 6.21. The van der Waals surface area contributed by atoms with E-state index in [2.05, 4.69) is 12.2 Å². The third kappa shape index (κ3) is 3.48. The predicted molar refractivity (Wildman–Crippen MR) is 72.6 cm³/mol. The van der Waals surface area contributed by atoms with Crippen LogP contribution in [0.4, 0.5) is 0 Å². The highest BCUT2D eigenvalue weighted by molar-refractivity contribution is 5.85. The number of hydrogen-bond acceptors (Lipinski definition) is 2. The number of nitrogens with one attached hydrogen (secondary N) is 1. The minimum absolute atomic E-state index is 0.0224. The van der Waals surface area contributed by atoms with E-state index in [9.17, 15) is 14.7 Å². The van der Waals surface area contributed by atoms with Crippen molar-refractivity contribution in [2.24, 2.45) is 17.8 Å². The molecule has 0 unspecified atom stereocenters. The van der Waals surface area contributed by atoms with E-state index >= 15 is 0 Å². The van der Waals surface area contributed by atoms with Crippen molar-refractivity contribution in [3.8, 4) is 0 Å². The van der Waals surface area contributed by atoms with Gasteiger partial charge in [-0.25, -0.2) is 0 Å². The van der Waals surface area contributed by atoms with Crippen LogP contribution in [-0.2, 0) is 9.59 Å². The first-order valence-electron chi connectivity index (χ1n) is 7.62. The van der Waals surface area contributed by atoms with E-state index in [4.69, 9.17) is 0 Å². The molecule has 2 saturated carbocycles. The van der Waals surface area contributed by atoms with Crippen molar-refractivity contribution in [1.29, 1.82) is 0 Å². The van der Waals surface area contributed by atoms with Gasteiger partial charge in [0.25, 0.3) is 0 Å². The largest absolute Gasteiger partial charge is 0.481 e. The van der Waals surface area contributed by atoms with Crippen molar-refractivity contribution in [1.82, 2.24) is 5.32 Å². The van der Waals surface area contributed by atoms with Crippen molar-refractivity contribution < 1.29 is 14.7 Å². The summed E-state index contributed by atoms with van der Waals surface area (Å²) in [4.78, 5) is 23.6. The Morgan fingerprint density at radius 2 is 1.53 bits per heavy atom. The molecule has 0 spiro atoms. The number of carbonyl (C=O) groups is 2. The predicted octanol–water partition coefficient (Wildman–Crippen LogP) is 2.57. The van der Waals surface area contributed by atoms with Gasteiger partial charge in [0, 0.05) is 6.04 Å². The van der Waals surface area contributed by atoms with Gasteiger partial charge in [0.1, 0.15) is 0 Å². The average molecular weight is 267 g/mol. The lowest BCUT2D eigenvalue weighted by Crippen LogP contribution is -2.47. The molecule has 108 valence electrons. The van der Waals surface area contributed by atoms with Gasteiger partial charge in [-0.05, 0) is 31.6 Å². The summed E-state index contributed by atoms with van der Waals surface area (Å²) in [5.41, 5.74) is 0. The number of rotatable bonds is 3. The minimum atomic E-state index is -0.809. The van der Waals surface area contributed by atoms with Gasteiger partial charge in [-0.2, -0.15) is 0 Å². The summed E-state index contributed by atoms with van der Waals surface area (Å²) >= 11 is 0. The molecule has 4 atom stereocenters. The van der Waals surface area contributed by atoms with Crippen molar-refractivity contribution in [3.63, 3.8) is 0 Å². The maximum atomic E-state index is 12.4. The van der Waals surface area contributed by atoms with Crippen molar-refractivity contribution in [2.45, 2.75) is 64.3 Å². The summed E-state index contributed by atoms with van der Waals surface area (Å²) in [6.45, 7) is 2.18. The molecule has 0 bridgehead atoms. The number of hydrogen-bond donors (Lipinski definition) is 2. The van der Waals surface area contributed by atoms with E-state index in [0.717, 1.165) is 32.1 Å². The zero-order valence-corrected chi connectivity index (χ0v) is 11.7. The summed E-state index contributed by atoms with van der Waals surface area (Å²) in [7, 11) is 0. The smallest absolute Gasteiger partial charge is 0.307 e. The summed E-state index contributed by atoms with van der Waals surface area (Å²) in [5, 5.41) is 12.4. The van der Waals surface area contributed by atoms with E-state index in [1.807, 2.05) is 0 Å². The molecule has 0 aromatic heterocycles. The van der Waals surface area contributed by atoms with Gasteiger partial charge in [-0.15, -0.1) is 0 Å². The Morgan fingerprint density at radius 1 is 0.947 bits per heavy atom. The van der Waals surface area contributed by atoms with Gasteiger partial charge in [0.05, 0.1) is 11.8 Å². The summed E-state index contributed by atoms with van der Waals surface area (Å²) < 4.78 is 0. The molecule has 0 aromatic rings. The Hall–Kier alpha value is -1.06. The molecule has 0 aromatic carbocycles. The molecule has 0 aliphatic heterocycles. The molecular formula is C15H25NO3. The topological polar surface area (TPSA) is 66.4 Å². The molecule has 2 rings (SSSR count). The van der Waals surface area contributed by atoms with E-state index in [0.29, 0.717) is 12.3 Å². The molecule has 2 aliphatic carbocycles. The lowest BCUT2D eigenvalue weighted by Gasteiger charge is -2.33. The molecule has 4 heteroatoms. The van der Waals surface area contributed by atoms with Gasteiger partial charge in [0.15, 0.2) is 0 Å². The first-order chi connectivity index (χ1) is 9.09. The second-order valence-corrected chi connectivity index (χ2v) is 6.21. The number of carboxylic acid groups (broad SMARTS) is 1. The Morgan fingerprint density at radius 3 is 2.16 bits per heavy atom. The van der Waals surface area contributed by atoms with Crippen LogP contribution in [0.15, 0.2) is 0 Å².